The largest absolute Gasteiger partial charge is 0.416 e. The molecule has 0 fully saturated rings. The van der Waals surface area contributed by atoms with Gasteiger partial charge < -0.3 is 5.32 Å². The van der Waals surface area contributed by atoms with Crippen molar-refractivity contribution >= 4 is 33.1 Å². The van der Waals surface area contributed by atoms with E-state index in [1.165, 1.54) is 46.5 Å². The number of alkyl halides is 3. The van der Waals surface area contributed by atoms with Gasteiger partial charge in [-0.3, -0.25) is 14.2 Å². The van der Waals surface area contributed by atoms with E-state index in [4.69, 9.17) is 0 Å². The van der Waals surface area contributed by atoms with Crippen molar-refractivity contribution in [3.05, 3.63) is 81.5 Å². The highest BCUT2D eigenvalue weighted by molar-refractivity contribution is 7.19. The van der Waals surface area contributed by atoms with E-state index in [-0.39, 0.29) is 12.1 Å². The van der Waals surface area contributed by atoms with E-state index in [2.05, 4.69) is 10.3 Å². The number of carbonyl (C=O) groups is 1. The van der Waals surface area contributed by atoms with E-state index in [0.29, 0.717) is 21.3 Å². The highest BCUT2D eigenvalue weighted by Gasteiger charge is 2.31. The fourth-order valence-corrected chi connectivity index (χ4v) is 4.81. The number of thiophene rings is 1. The Labute approximate surface area is 195 Å². The van der Waals surface area contributed by atoms with Crippen molar-refractivity contribution in [2.75, 3.05) is 5.32 Å². The molecular weight excluding hydrogens is 470 g/mol. The molecule has 4 rings (SSSR count). The molecule has 4 aromatic rings. The van der Waals surface area contributed by atoms with Crippen LogP contribution in [0.5, 0.6) is 0 Å². The molecule has 2 aromatic carbocycles. The predicted molar refractivity (Wildman–Crippen MR) is 123 cm³/mol. The van der Waals surface area contributed by atoms with Crippen molar-refractivity contribution in [3.63, 3.8) is 0 Å². The monoisotopic (exact) mass is 489 g/mol. The second-order valence-corrected chi connectivity index (χ2v) is 8.87. The highest BCUT2D eigenvalue weighted by atomic mass is 32.1. The van der Waals surface area contributed by atoms with Crippen LogP contribution < -0.4 is 10.9 Å². The summed E-state index contributed by atoms with van der Waals surface area (Å²) in [4.78, 5) is 32.1. The third kappa shape index (κ3) is 4.45. The number of nitrogens with zero attached hydrogens (tertiary/aromatic N) is 2. The lowest BCUT2D eigenvalue weighted by molar-refractivity contribution is -0.137. The van der Waals surface area contributed by atoms with Crippen LogP contribution in [0.1, 0.15) is 29.8 Å². The summed E-state index contributed by atoms with van der Waals surface area (Å²) in [7, 11) is 0. The summed E-state index contributed by atoms with van der Waals surface area (Å²) >= 11 is 1.31. The third-order valence-electron chi connectivity index (χ3n) is 5.43. The van der Waals surface area contributed by atoms with Crippen molar-refractivity contribution in [2.45, 2.75) is 32.5 Å². The van der Waals surface area contributed by atoms with E-state index in [0.717, 1.165) is 17.0 Å². The van der Waals surface area contributed by atoms with Crippen LogP contribution in [0, 0.1) is 12.7 Å². The summed E-state index contributed by atoms with van der Waals surface area (Å²) in [5.41, 5.74) is -0.127. The molecule has 0 saturated carbocycles. The van der Waals surface area contributed by atoms with Gasteiger partial charge in [0.15, 0.2) is 0 Å². The summed E-state index contributed by atoms with van der Waals surface area (Å²) in [6, 6.07) is 9.02. The first-order valence-electron chi connectivity index (χ1n) is 10.3. The summed E-state index contributed by atoms with van der Waals surface area (Å²) in [5, 5.41) is 2.78. The Morgan fingerprint density at radius 3 is 2.53 bits per heavy atom. The van der Waals surface area contributed by atoms with Gasteiger partial charge in [0, 0.05) is 16.1 Å². The zero-order chi connectivity index (χ0) is 24.6. The van der Waals surface area contributed by atoms with Gasteiger partial charge in [0.2, 0.25) is 5.91 Å². The second kappa shape index (κ2) is 9.02. The van der Waals surface area contributed by atoms with E-state index in [1.807, 2.05) is 6.92 Å². The fourth-order valence-electron chi connectivity index (χ4n) is 3.81. The number of hydrogen-bond acceptors (Lipinski definition) is 4. The van der Waals surface area contributed by atoms with Gasteiger partial charge in [0.25, 0.3) is 5.56 Å². The van der Waals surface area contributed by atoms with Crippen LogP contribution in [0.2, 0.25) is 0 Å². The number of aromatic nitrogens is 2. The van der Waals surface area contributed by atoms with Gasteiger partial charge >= 0.3 is 6.18 Å². The molecule has 1 atom stereocenters. The van der Waals surface area contributed by atoms with Crippen LogP contribution in [0.3, 0.4) is 0 Å². The Balaban J connectivity index is 1.74. The number of fused-ring (bicyclic) bond motifs is 1. The smallest absolute Gasteiger partial charge is 0.324 e. The number of amides is 1. The van der Waals surface area contributed by atoms with Crippen LogP contribution in [-0.2, 0) is 11.0 Å². The first kappa shape index (κ1) is 23.6. The van der Waals surface area contributed by atoms with E-state index in [1.54, 1.807) is 19.1 Å². The molecule has 2 aromatic heterocycles. The van der Waals surface area contributed by atoms with Gasteiger partial charge in [-0.2, -0.15) is 13.2 Å². The predicted octanol–water partition coefficient (Wildman–Crippen LogP) is 6.18. The van der Waals surface area contributed by atoms with Crippen molar-refractivity contribution < 1.29 is 22.4 Å². The van der Waals surface area contributed by atoms with Crippen molar-refractivity contribution in [1.29, 1.82) is 0 Å². The van der Waals surface area contributed by atoms with Crippen LogP contribution in [0.25, 0.3) is 21.3 Å². The normalized spacial score (nSPS) is 12.6. The highest BCUT2D eigenvalue weighted by Crippen LogP contribution is 2.36. The SMILES string of the molecule is CCC(C(=O)Nc1cccc(C(F)(F)F)c1)n1cnc2sc(C)c(-c3ccc(F)cc3)c2c1=O. The molecule has 0 aliphatic carbocycles. The summed E-state index contributed by atoms with van der Waals surface area (Å²) in [6.45, 7) is 3.51. The number of benzene rings is 2. The van der Waals surface area contributed by atoms with Gasteiger partial charge in [-0.25, -0.2) is 9.37 Å². The van der Waals surface area contributed by atoms with Crippen LogP contribution >= 0.6 is 11.3 Å². The lowest BCUT2D eigenvalue weighted by Crippen LogP contribution is -2.33. The van der Waals surface area contributed by atoms with E-state index < -0.39 is 35.1 Å². The van der Waals surface area contributed by atoms with Gasteiger partial charge in [0.05, 0.1) is 17.3 Å². The number of halogens is 4. The summed E-state index contributed by atoms with van der Waals surface area (Å²) in [5.74, 6) is -1.05. The molecule has 1 unspecified atom stereocenters. The zero-order valence-electron chi connectivity index (χ0n) is 18.1. The topological polar surface area (TPSA) is 64.0 Å². The lowest BCUT2D eigenvalue weighted by atomic mass is 10.0. The maximum absolute atomic E-state index is 13.5. The van der Waals surface area contributed by atoms with Crippen LogP contribution in [-0.4, -0.2) is 15.5 Å². The molecule has 1 N–H and O–H groups in total. The van der Waals surface area contributed by atoms with Gasteiger partial charge in [-0.1, -0.05) is 25.1 Å². The summed E-state index contributed by atoms with van der Waals surface area (Å²) < 4.78 is 53.6. The summed E-state index contributed by atoms with van der Waals surface area (Å²) in [6.07, 6.45) is -3.08. The molecule has 2 heterocycles. The number of carbonyl (C=O) groups excluding carboxylic acids is 1. The van der Waals surface area contributed by atoms with Crippen molar-refractivity contribution in [1.82, 2.24) is 9.55 Å². The maximum atomic E-state index is 13.5. The molecule has 0 aliphatic rings. The minimum Gasteiger partial charge on any atom is -0.324 e. The molecule has 0 bridgehead atoms. The second-order valence-electron chi connectivity index (χ2n) is 7.67. The number of rotatable bonds is 5. The third-order valence-corrected chi connectivity index (χ3v) is 6.44. The molecular formula is C24H19F4N3O2S. The molecule has 1 amide bonds. The standard InChI is InChI=1S/C24H19F4N3O2S/c1-3-18(21(32)30-17-6-4-5-15(11-17)24(26,27)28)31-12-29-22-20(23(31)33)19(13(2)34-22)14-7-9-16(25)10-8-14/h4-12,18H,3H2,1-2H3,(H,30,32). The van der Waals surface area contributed by atoms with E-state index in [9.17, 15) is 27.2 Å². The van der Waals surface area contributed by atoms with Crippen LogP contribution in [0.15, 0.2) is 59.7 Å². The van der Waals surface area contributed by atoms with Crippen molar-refractivity contribution in [3.8, 4) is 11.1 Å². The quantitative estimate of drug-likeness (QED) is 0.341. The lowest BCUT2D eigenvalue weighted by Gasteiger charge is -2.18. The molecule has 0 radical (unpaired) electrons. The maximum Gasteiger partial charge on any atom is 0.416 e. The minimum absolute atomic E-state index is 0.0289. The van der Waals surface area contributed by atoms with Crippen LogP contribution in [0.4, 0.5) is 23.2 Å². The molecule has 34 heavy (non-hydrogen) atoms. The Bertz CT molecular complexity index is 1430. The molecule has 5 nitrogen and oxygen atoms in total. The molecule has 176 valence electrons. The Kier molecular flexibility index (Phi) is 6.26. The Morgan fingerprint density at radius 2 is 1.88 bits per heavy atom. The van der Waals surface area contributed by atoms with E-state index >= 15 is 0 Å². The van der Waals surface area contributed by atoms with Gasteiger partial charge in [-0.15, -0.1) is 11.3 Å². The number of anilines is 1. The van der Waals surface area contributed by atoms with Crippen molar-refractivity contribution in [2.24, 2.45) is 0 Å². The van der Waals surface area contributed by atoms with Gasteiger partial charge in [-0.05, 0) is 49.2 Å². The number of nitrogens with one attached hydrogen (secondary N) is 1. The first-order chi connectivity index (χ1) is 16.1. The molecule has 0 spiro atoms. The zero-order valence-corrected chi connectivity index (χ0v) is 18.9. The van der Waals surface area contributed by atoms with Gasteiger partial charge in [0.1, 0.15) is 16.7 Å². The number of aryl methyl sites for hydroxylation is 1. The average Bonchev–Trinajstić information content (AvgIpc) is 3.12. The average molecular weight is 489 g/mol. The molecule has 10 heteroatoms. The Morgan fingerprint density at radius 1 is 1.18 bits per heavy atom. The fraction of sp³-hybridized carbons (Fsp3) is 0.208. The molecule has 0 aliphatic heterocycles. The number of hydrogen-bond donors (Lipinski definition) is 1. The first-order valence-corrected chi connectivity index (χ1v) is 11.2. The molecule has 0 saturated heterocycles. The Hall–Kier alpha value is -3.53. The minimum atomic E-state index is -4.55.